The second-order valence-corrected chi connectivity index (χ2v) is 4.13. The molecule has 2 aromatic rings. The van der Waals surface area contributed by atoms with Gasteiger partial charge in [-0.1, -0.05) is 11.6 Å². The zero-order valence-corrected chi connectivity index (χ0v) is 10.3. The van der Waals surface area contributed by atoms with Gasteiger partial charge in [-0.05, 0) is 18.2 Å². The summed E-state index contributed by atoms with van der Waals surface area (Å²) in [6.45, 7) is -0.0746. The molecule has 102 valence electrons. The SMILES string of the molecule is OCCn1ncnc1-c1cc(C(F)(F)F)ccc1Cl. The number of halogens is 4. The van der Waals surface area contributed by atoms with Crippen molar-refractivity contribution in [1.82, 2.24) is 14.8 Å². The number of hydrogen-bond acceptors (Lipinski definition) is 3. The van der Waals surface area contributed by atoms with E-state index in [1.165, 1.54) is 11.0 Å². The van der Waals surface area contributed by atoms with E-state index in [0.717, 1.165) is 18.2 Å². The molecule has 8 heteroatoms. The van der Waals surface area contributed by atoms with Gasteiger partial charge in [-0.25, -0.2) is 9.67 Å². The fraction of sp³-hybridized carbons (Fsp3) is 0.273. The topological polar surface area (TPSA) is 50.9 Å². The van der Waals surface area contributed by atoms with Crippen LogP contribution in [0.5, 0.6) is 0 Å². The molecule has 2 rings (SSSR count). The van der Waals surface area contributed by atoms with Gasteiger partial charge < -0.3 is 5.11 Å². The van der Waals surface area contributed by atoms with Gasteiger partial charge in [-0.3, -0.25) is 0 Å². The van der Waals surface area contributed by atoms with Crippen LogP contribution in [0.1, 0.15) is 5.56 Å². The van der Waals surface area contributed by atoms with Crippen molar-refractivity contribution >= 4 is 11.6 Å². The molecule has 0 bridgehead atoms. The standard InChI is InChI=1S/C11H9ClF3N3O/c12-9-2-1-7(11(13,14)15)5-8(9)10-16-6-17-18(10)3-4-19/h1-2,5-6,19H,3-4H2. The van der Waals surface area contributed by atoms with Crippen LogP contribution in [-0.4, -0.2) is 26.5 Å². The second kappa shape index (κ2) is 5.18. The van der Waals surface area contributed by atoms with Gasteiger partial charge in [0.1, 0.15) is 6.33 Å². The van der Waals surface area contributed by atoms with E-state index in [4.69, 9.17) is 16.7 Å². The van der Waals surface area contributed by atoms with E-state index in [0.29, 0.717) is 0 Å². The summed E-state index contributed by atoms with van der Waals surface area (Å²) in [6.07, 6.45) is -3.26. The number of aromatic nitrogens is 3. The fourth-order valence-corrected chi connectivity index (χ4v) is 1.81. The molecule has 0 aliphatic rings. The molecular formula is C11H9ClF3N3O. The molecule has 0 aliphatic carbocycles. The minimum atomic E-state index is -4.46. The molecule has 0 unspecified atom stereocenters. The summed E-state index contributed by atoms with van der Waals surface area (Å²) in [7, 11) is 0. The summed E-state index contributed by atoms with van der Waals surface area (Å²) in [4.78, 5) is 3.88. The molecule has 1 N–H and O–H groups in total. The minimum absolute atomic E-state index is 0.127. The van der Waals surface area contributed by atoms with Crippen molar-refractivity contribution in [3.8, 4) is 11.4 Å². The van der Waals surface area contributed by atoms with Crippen LogP contribution in [-0.2, 0) is 12.7 Å². The predicted octanol–water partition coefficient (Wildman–Crippen LogP) is 2.61. The first-order valence-electron chi connectivity index (χ1n) is 5.29. The zero-order valence-electron chi connectivity index (χ0n) is 9.52. The van der Waals surface area contributed by atoms with Crippen molar-refractivity contribution in [2.45, 2.75) is 12.7 Å². The summed E-state index contributed by atoms with van der Waals surface area (Å²) in [5, 5.41) is 12.8. The largest absolute Gasteiger partial charge is 0.416 e. The Kier molecular flexibility index (Phi) is 3.77. The number of nitrogens with zero attached hydrogens (tertiary/aromatic N) is 3. The molecule has 0 spiro atoms. The summed E-state index contributed by atoms with van der Waals surface area (Å²) < 4.78 is 39.3. The van der Waals surface area contributed by atoms with Gasteiger partial charge in [0.25, 0.3) is 0 Å². The van der Waals surface area contributed by atoms with Gasteiger partial charge in [0.15, 0.2) is 5.82 Å². The average Bonchev–Trinajstić information content (AvgIpc) is 2.77. The quantitative estimate of drug-likeness (QED) is 0.946. The molecule has 0 saturated heterocycles. The van der Waals surface area contributed by atoms with E-state index < -0.39 is 11.7 Å². The van der Waals surface area contributed by atoms with E-state index in [9.17, 15) is 13.2 Å². The molecule has 1 aromatic carbocycles. The van der Waals surface area contributed by atoms with E-state index in [1.54, 1.807) is 0 Å². The number of aliphatic hydroxyl groups is 1. The van der Waals surface area contributed by atoms with Gasteiger partial charge in [0, 0.05) is 5.56 Å². The van der Waals surface area contributed by atoms with Crippen LogP contribution in [0.15, 0.2) is 24.5 Å². The highest BCUT2D eigenvalue weighted by molar-refractivity contribution is 6.33. The molecule has 0 radical (unpaired) electrons. The van der Waals surface area contributed by atoms with Crippen LogP contribution in [0.2, 0.25) is 5.02 Å². The summed E-state index contributed by atoms with van der Waals surface area (Å²) in [5.74, 6) is 0.185. The lowest BCUT2D eigenvalue weighted by atomic mass is 10.1. The summed E-state index contributed by atoms with van der Waals surface area (Å²) >= 11 is 5.90. The Balaban J connectivity index is 2.52. The van der Waals surface area contributed by atoms with Crippen molar-refractivity contribution < 1.29 is 18.3 Å². The highest BCUT2D eigenvalue weighted by Crippen LogP contribution is 2.35. The summed E-state index contributed by atoms with van der Waals surface area (Å²) in [5.41, 5.74) is -0.687. The maximum atomic E-state index is 12.7. The van der Waals surface area contributed by atoms with Crippen LogP contribution >= 0.6 is 11.6 Å². The van der Waals surface area contributed by atoms with Crippen LogP contribution in [0, 0.1) is 0 Å². The Bertz CT molecular complexity index is 583. The maximum absolute atomic E-state index is 12.7. The fourth-order valence-electron chi connectivity index (χ4n) is 1.60. The Labute approximate surface area is 111 Å². The highest BCUT2D eigenvalue weighted by Gasteiger charge is 2.31. The van der Waals surface area contributed by atoms with E-state index >= 15 is 0 Å². The Morgan fingerprint density at radius 2 is 2.05 bits per heavy atom. The van der Waals surface area contributed by atoms with Gasteiger partial charge >= 0.3 is 6.18 Å². The van der Waals surface area contributed by atoms with Gasteiger partial charge in [-0.2, -0.15) is 18.3 Å². The molecule has 0 saturated carbocycles. The highest BCUT2D eigenvalue weighted by atomic mass is 35.5. The molecule has 4 nitrogen and oxygen atoms in total. The number of rotatable bonds is 3. The smallest absolute Gasteiger partial charge is 0.394 e. The van der Waals surface area contributed by atoms with Crippen molar-refractivity contribution in [3.63, 3.8) is 0 Å². The van der Waals surface area contributed by atoms with Gasteiger partial charge in [0.2, 0.25) is 0 Å². The molecule has 0 amide bonds. The normalized spacial score (nSPS) is 11.8. The van der Waals surface area contributed by atoms with Crippen LogP contribution in [0.25, 0.3) is 11.4 Å². The minimum Gasteiger partial charge on any atom is -0.394 e. The van der Waals surface area contributed by atoms with E-state index in [1.807, 2.05) is 0 Å². The molecule has 0 atom stereocenters. The molecule has 0 fully saturated rings. The van der Waals surface area contributed by atoms with Crippen molar-refractivity contribution in [2.75, 3.05) is 6.61 Å². The zero-order chi connectivity index (χ0) is 14.0. The molecule has 0 aliphatic heterocycles. The molecular weight excluding hydrogens is 283 g/mol. The third-order valence-corrected chi connectivity index (χ3v) is 2.79. The lowest BCUT2D eigenvalue weighted by Gasteiger charge is -2.10. The Hall–Kier alpha value is -1.60. The first kappa shape index (κ1) is 13.8. The first-order chi connectivity index (χ1) is 8.93. The maximum Gasteiger partial charge on any atom is 0.416 e. The lowest BCUT2D eigenvalue weighted by molar-refractivity contribution is -0.137. The van der Waals surface area contributed by atoms with Crippen LogP contribution in [0.4, 0.5) is 13.2 Å². The van der Waals surface area contributed by atoms with E-state index in [-0.39, 0.29) is 29.6 Å². The van der Waals surface area contributed by atoms with Gasteiger partial charge in [0.05, 0.1) is 23.7 Å². The predicted molar refractivity (Wildman–Crippen MR) is 62.6 cm³/mol. The van der Waals surface area contributed by atoms with Crippen molar-refractivity contribution in [1.29, 1.82) is 0 Å². The van der Waals surface area contributed by atoms with Crippen molar-refractivity contribution in [2.24, 2.45) is 0 Å². The monoisotopic (exact) mass is 291 g/mol. The number of benzene rings is 1. The van der Waals surface area contributed by atoms with E-state index in [2.05, 4.69) is 10.1 Å². The summed E-state index contributed by atoms with van der Waals surface area (Å²) in [6, 6.07) is 2.98. The first-order valence-corrected chi connectivity index (χ1v) is 5.67. The van der Waals surface area contributed by atoms with Gasteiger partial charge in [-0.15, -0.1) is 0 Å². The second-order valence-electron chi connectivity index (χ2n) is 3.72. The van der Waals surface area contributed by atoms with Crippen LogP contribution < -0.4 is 0 Å². The number of alkyl halides is 3. The Morgan fingerprint density at radius 3 is 2.68 bits per heavy atom. The lowest BCUT2D eigenvalue weighted by Crippen LogP contribution is -2.08. The molecule has 1 aromatic heterocycles. The third-order valence-electron chi connectivity index (χ3n) is 2.46. The average molecular weight is 292 g/mol. The van der Waals surface area contributed by atoms with Crippen molar-refractivity contribution in [3.05, 3.63) is 35.1 Å². The molecule has 19 heavy (non-hydrogen) atoms. The number of aliphatic hydroxyl groups excluding tert-OH is 1. The third kappa shape index (κ3) is 2.87. The van der Waals surface area contributed by atoms with Crippen LogP contribution in [0.3, 0.4) is 0 Å². The molecule has 1 heterocycles. The number of hydrogen-bond donors (Lipinski definition) is 1. The Morgan fingerprint density at radius 1 is 1.32 bits per heavy atom.